The first kappa shape index (κ1) is 21.7. The number of carbonyl (C=O) groups excluding carboxylic acids is 2. The molecule has 2 amide bonds. The lowest BCUT2D eigenvalue weighted by Crippen LogP contribution is -2.18. The van der Waals surface area contributed by atoms with Crippen molar-refractivity contribution in [3.63, 3.8) is 0 Å². The number of rotatable bonds is 6. The van der Waals surface area contributed by atoms with Crippen LogP contribution in [0, 0.1) is 6.92 Å². The van der Waals surface area contributed by atoms with Gasteiger partial charge < -0.3 is 10.6 Å². The number of carbonyl (C=O) groups is 2. The molecule has 0 aliphatic rings. The third-order valence-corrected chi connectivity index (χ3v) is 5.37. The van der Waals surface area contributed by atoms with Crippen LogP contribution < -0.4 is 16.2 Å². The Morgan fingerprint density at radius 3 is 2.50 bits per heavy atom. The number of anilines is 2. The molecule has 0 saturated heterocycles. The molecule has 0 spiro atoms. The van der Waals surface area contributed by atoms with E-state index < -0.39 is 5.56 Å². The van der Waals surface area contributed by atoms with Gasteiger partial charge in [-0.15, -0.1) is 10.2 Å². The van der Waals surface area contributed by atoms with Gasteiger partial charge >= 0.3 is 0 Å². The zero-order valence-corrected chi connectivity index (χ0v) is 18.6. The largest absolute Gasteiger partial charge is 0.325 e. The topological polar surface area (TPSA) is 117 Å². The molecule has 0 bridgehead atoms. The second kappa shape index (κ2) is 9.68. The van der Waals surface area contributed by atoms with E-state index in [2.05, 4.69) is 41.7 Å². The number of amides is 2. The Hall–Kier alpha value is -2.98. The van der Waals surface area contributed by atoms with Crippen LogP contribution in [0.25, 0.3) is 11.3 Å². The molecule has 154 valence electrons. The van der Waals surface area contributed by atoms with Gasteiger partial charge in [-0.2, -0.15) is 0 Å². The fourth-order valence-electron chi connectivity index (χ4n) is 2.63. The molecule has 10 heteroatoms. The number of thioether (sulfide) groups is 1. The van der Waals surface area contributed by atoms with E-state index in [1.165, 1.54) is 6.92 Å². The summed E-state index contributed by atoms with van der Waals surface area (Å²) >= 11 is 4.40. The molecular weight excluding hydrogens is 470 g/mol. The number of aromatic nitrogens is 3. The summed E-state index contributed by atoms with van der Waals surface area (Å²) in [7, 11) is 0. The minimum Gasteiger partial charge on any atom is -0.325 e. The minimum absolute atomic E-state index is 0.0572. The molecule has 0 fully saturated rings. The Morgan fingerprint density at radius 2 is 1.83 bits per heavy atom. The SMILES string of the molecule is CC(=O)Nc1c(C)cccc1-c1nnc(SCC(=O)Nc2ccc(Br)cc2)[nH]c1=O. The fraction of sp³-hybridized carbons (Fsp3) is 0.150. The lowest BCUT2D eigenvalue weighted by Gasteiger charge is -2.11. The molecule has 30 heavy (non-hydrogen) atoms. The third kappa shape index (κ3) is 5.55. The van der Waals surface area contributed by atoms with Gasteiger partial charge in [0.2, 0.25) is 11.8 Å². The minimum atomic E-state index is -0.460. The lowest BCUT2D eigenvalue weighted by molar-refractivity contribution is -0.114. The highest BCUT2D eigenvalue weighted by molar-refractivity contribution is 9.10. The Kier molecular flexibility index (Phi) is 7.01. The van der Waals surface area contributed by atoms with Crippen molar-refractivity contribution in [2.24, 2.45) is 0 Å². The molecule has 1 aromatic heterocycles. The number of halogens is 1. The van der Waals surface area contributed by atoms with Crippen LogP contribution in [0.4, 0.5) is 11.4 Å². The Bertz CT molecular complexity index is 1150. The zero-order chi connectivity index (χ0) is 21.7. The monoisotopic (exact) mass is 487 g/mol. The van der Waals surface area contributed by atoms with Gasteiger partial charge in [0, 0.05) is 22.6 Å². The predicted octanol–water partition coefficient (Wildman–Crippen LogP) is 3.59. The molecule has 0 atom stereocenters. The first-order valence-corrected chi connectivity index (χ1v) is 10.6. The molecule has 3 N–H and O–H groups in total. The molecule has 8 nitrogen and oxygen atoms in total. The number of benzene rings is 2. The van der Waals surface area contributed by atoms with Crippen molar-refractivity contribution >= 4 is 50.9 Å². The van der Waals surface area contributed by atoms with Gasteiger partial charge in [-0.1, -0.05) is 45.9 Å². The first-order valence-electron chi connectivity index (χ1n) is 8.86. The zero-order valence-electron chi connectivity index (χ0n) is 16.2. The maximum Gasteiger partial charge on any atom is 0.278 e. The van der Waals surface area contributed by atoms with Gasteiger partial charge in [0.25, 0.3) is 5.56 Å². The number of nitrogens with one attached hydrogen (secondary N) is 3. The van der Waals surface area contributed by atoms with Crippen molar-refractivity contribution in [1.29, 1.82) is 0 Å². The van der Waals surface area contributed by atoms with Crippen molar-refractivity contribution in [1.82, 2.24) is 15.2 Å². The smallest absolute Gasteiger partial charge is 0.278 e. The summed E-state index contributed by atoms with van der Waals surface area (Å²) < 4.78 is 0.915. The van der Waals surface area contributed by atoms with Gasteiger partial charge in [0.05, 0.1) is 11.4 Å². The summed E-state index contributed by atoms with van der Waals surface area (Å²) in [5.74, 6) is -0.429. The van der Waals surface area contributed by atoms with E-state index in [0.29, 0.717) is 16.9 Å². The third-order valence-electron chi connectivity index (χ3n) is 3.97. The molecule has 3 aromatic rings. The number of nitrogens with zero attached hydrogens (tertiary/aromatic N) is 2. The van der Waals surface area contributed by atoms with E-state index in [0.717, 1.165) is 21.8 Å². The number of hydrogen-bond acceptors (Lipinski definition) is 6. The van der Waals surface area contributed by atoms with Gasteiger partial charge in [-0.05, 0) is 36.8 Å². The number of aryl methyl sites for hydroxylation is 1. The highest BCUT2D eigenvalue weighted by Gasteiger charge is 2.15. The van der Waals surface area contributed by atoms with Crippen molar-refractivity contribution in [3.05, 3.63) is 62.9 Å². The standard InChI is InChI=1S/C20H18BrN5O3S/c1-11-4-3-5-15(17(11)22-12(2)27)18-19(29)24-20(26-25-18)30-10-16(28)23-14-8-6-13(21)7-9-14/h3-9H,10H2,1-2H3,(H,22,27)(H,23,28)(H,24,26,29). The van der Waals surface area contributed by atoms with Crippen LogP contribution in [0.1, 0.15) is 12.5 Å². The molecule has 3 rings (SSSR count). The fourth-order valence-corrected chi connectivity index (χ4v) is 3.50. The van der Waals surface area contributed by atoms with Crippen molar-refractivity contribution in [3.8, 4) is 11.3 Å². The molecular formula is C20H18BrN5O3S. The second-order valence-corrected chi connectivity index (χ2v) is 8.21. The second-order valence-electron chi connectivity index (χ2n) is 6.33. The van der Waals surface area contributed by atoms with Gasteiger partial charge in [-0.3, -0.25) is 19.4 Å². The number of aromatic amines is 1. The van der Waals surface area contributed by atoms with Crippen molar-refractivity contribution in [2.75, 3.05) is 16.4 Å². The van der Waals surface area contributed by atoms with Crippen molar-refractivity contribution in [2.45, 2.75) is 19.0 Å². The highest BCUT2D eigenvalue weighted by atomic mass is 79.9. The Morgan fingerprint density at radius 1 is 1.10 bits per heavy atom. The summed E-state index contributed by atoms with van der Waals surface area (Å²) in [6.07, 6.45) is 0. The molecule has 0 saturated carbocycles. The van der Waals surface area contributed by atoms with Crippen LogP contribution >= 0.6 is 27.7 Å². The van der Waals surface area contributed by atoms with Crippen molar-refractivity contribution < 1.29 is 9.59 Å². The van der Waals surface area contributed by atoms with Crippen LogP contribution in [0.2, 0.25) is 0 Å². The average Bonchev–Trinajstić information content (AvgIpc) is 2.70. The van der Waals surface area contributed by atoms with E-state index in [1.807, 2.05) is 25.1 Å². The van der Waals surface area contributed by atoms with Crippen LogP contribution in [0.5, 0.6) is 0 Å². The average molecular weight is 488 g/mol. The van der Waals surface area contributed by atoms with E-state index in [9.17, 15) is 14.4 Å². The van der Waals surface area contributed by atoms with Gasteiger partial charge in [0.15, 0.2) is 10.9 Å². The summed E-state index contributed by atoms with van der Waals surface area (Å²) in [6, 6.07) is 12.5. The molecule has 0 unspecified atom stereocenters. The highest BCUT2D eigenvalue weighted by Crippen LogP contribution is 2.27. The molecule has 0 aliphatic heterocycles. The molecule has 0 aliphatic carbocycles. The van der Waals surface area contributed by atoms with Crippen LogP contribution in [-0.2, 0) is 9.59 Å². The number of para-hydroxylation sites is 1. The maximum absolute atomic E-state index is 12.6. The van der Waals surface area contributed by atoms with Gasteiger partial charge in [-0.25, -0.2) is 0 Å². The quantitative estimate of drug-likeness (QED) is 0.457. The Balaban J connectivity index is 1.72. The normalized spacial score (nSPS) is 10.5. The first-order chi connectivity index (χ1) is 14.3. The van der Waals surface area contributed by atoms with Crippen LogP contribution in [0.3, 0.4) is 0 Å². The predicted molar refractivity (Wildman–Crippen MR) is 121 cm³/mol. The summed E-state index contributed by atoms with van der Waals surface area (Å²) in [5, 5.41) is 13.8. The molecule has 2 aromatic carbocycles. The summed E-state index contributed by atoms with van der Waals surface area (Å²) in [4.78, 5) is 38.8. The molecule has 1 heterocycles. The van der Waals surface area contributed by atoms with E-state index in [4.69, 9.17) is 0 Å². The van der Waals surface area contributed by atoms with Gasteiger partial charge in [0.1, 0.15) is 0 Å². The summed E-state index contributed by atoms with van der Waals surface area (Å²) in [6.45, 7) is 3.22. The van der Waals surface area contributed by atoms with E-state index in [1.54, 1.807) is 24.3 Å². The number of hydrogen-bond donors (Lipinski definition) is 3. The Labute approximate surface area is 185 Å². The summed E-state index contributed by atoms with van der Waals surface area (Å²) in [5.41, 5.74) is 2.09. The van der Waals surface area contributed by atoms with E-state index in [-0.39, 0.29) is 28.4 Å². The maximum atomic E-state index is 12.6. The van der Waals surface area contributed by atoms with Crippen LogP contribution in [0.15, 0.2) is 56.9 Å². The van der Waals surface area contributed by atoms with Crippen LogP contribution in [-0.4, -0.2) is 32.7 Å². The van der Waals surface area contributed by atoms with E-state index >= 15 is 0 Å². The molecule has 0 radical (unpaired) electrons. The lowest BCUT2D eigenvalue weighted by atomic mass is 10.1. The number of H-pyrrole nitrogens is 1.